The maximum Gasteiger partial charge on any atom is 0.118 e. The molecule has 0 heterocycles. The highest BCUT2D eigenvalue weighted by Crippen LogP contribution is 2.27. The first-order valence-electron chi connectivity index (χ1n) is 7.26. The predicted octanol–water partition coefficient (Wildman–Crippen LogP) is 3.57. The van der Waals surface area contributed by atoms with Gasteiger partial charge in [-0.05, 0) is 36.1 Å². The zero-order valence-electron chi connectivity index (χ0n) is 12.4. The maximum absolute atomic E-state index is 8.85. The van der Waals surface area contributed by atoms with E-state index in [1.54, 1.807) is 7.11 Å². The molecule has 0 aliphatic carbocycles. The number of methoxy groups -OCH3 is 1. The molecule has 2 rings (SSSR count). The quantitative estimate of drug-likeness (QED) is 0.754. The Hall–Kier alpha value is -1.84. The summed E-state index contributed by atoms with van der Waals surface area (Å²) in [6, 6.07) is 18.1. The lowest BCUT2D eigenvalue weighted by atomic mass is 10.0. The van der Waals surface area contributed by atoms with E-state index < -0.39 is 0 Å². The lowest BCUT2D eigenvalue weighted by Gasteiger charge is -2.19. The molecule has 0 saturated heterocycles. The Morgan fingerprint density at radius 3 is 2.19 bits per heavy atom. The van der Waals surface area contributed by atoms with Crippen LogP contribution >= 0.6 is 0 Å². The molecule has 0 aromatic heterocycles. The SMILES string of the molecule is COc1ccc(C(OCCCCO)c2ccccc2)cc1. The second-order valence-electron chi connectivity index (χ2n) is 4.87. The van der Waals surface area contributed by atoms with E-state index in [-0.39, 0.29) is 12.7 Å². The van der Waals surface area contributed by atoms with Crippen LogP contribution in [0, 0.1) is 0 Å². The van der Waals surface area contributed by atoms with Crippen molar-refractivity contribution in [3.8, 4) is 5.75 Å². The molecule has 0 spiro atoms. The van der Waals surface area contributed by atoms with Crippen LogP contribution in [-0.4, -0.2) is 25.4 Å². The molecule has 0 radical (unpaired) electrons. The molecule has 2 aromatic rings. The van der Waals surface area contributed by atoms with E-state index in [0.717, 1.165) is 29.7 Å². The molecule has 1 atom stereocenters. The van der Waals surface area contributed by atoms with Crippen LogP contribution in [-0.2, 0) is 4.74 Å². The molecule has 3 heteroatoms. The van der Waals surface area contributed by atoms with Crippen molar-refractivity contribution < 1.29 is 14.6 Å². The Labute approximate surface area is 126 Å². The Morgan fingerprint density at radius 2 is 1.57 bits per heavy atom. The first-order chi connectivity index (χ1) is 10.3. The average molecular weight is 286 g/mol. The van der Waals surface area contributed by atoms with Gasteiger partial charge in [-0.1, -0.05) is 42.5 Å². The molecule has 21 heavy (non-hydrogen) atoms. The van der Waals surface area contributed by atoms with Crippen LogP contribution in [0.1, 0.15) is 30.1 Å². The van der Waals surface area contributed by atoms with Gasteiger partial charge in [0.1, 0.15) is 11.9 Å². The molecule has 0 fully saturated rings. The summed E-state index contributed by atoms with van der Waals surface area (Å²) in [5.41, 5.74) is 2.23. The van der Waals surface area contributed by atoms with Crippen LogP contribution in [0.4, 0.5) is 0 Å². The Kier molecular flexibility index (Phi) is 6.25. The van der Waals surface area contributed by atoms with Gasteiger partial charge in [0, 0.05) is 13.2 Å². The lowest BCUT2D eigenvalue weighted by molar-refractivity contribution is 0.0742. The van der Waals surface area contributed by atoms with Gasteiger partial charge in [0.15, 0.2) is 0 Å². The molecule has 0 saturated carbocycles. The van der Waals surface area contributed by atoms with Crippen LogP contribution in [0.15, 0.2) is 54.6 Å². The van der Waals surface area contributed by atoms with Gasteiger partial charge in [-0.15, -0.1) is 0 Å². The average Bonchev–Trinajstić information content (AvgIpc) is 2.56. The summed E-state index contributed by atoms with van der Waals surface area (Å²) in [5.74, 6) is 0.839. The first kappa shape index (κ1) is 15.5. The number of aliphatic hydroxyl groups excluding tert-OH is 1. The van der Waals surface area contributed by atoms with E-state index in [1.165, 1.54) is 0 Å². The van der Waals surface area contributed by atoms with Crippen LogP contribution < -0.4 is 4.74 Å². The fourth-order valence-corrected chi connectivity index (χ4v) is 2.21. The molecule has 1 unspecified atom stereocenters. The van der Waals surface area contributed by atoms with Gasteiger partial charge in [0.05, 0.1) is 7.11 Å². The standard InChI is InChI=1S/C18H22O3/c1-20-17-11-9-16(10-12-17)18(21-14-6-5-13-19)15-7-3-2-4-8-15/h2-4,7-12,18-19H,5-6,13-14H2,1H3. The molecule has 0 aliphatic heterocycles. The summed E-state index contributed by atoms with van der Waals surface area (Å²) in [7, 11) is 1.66. The van der Waals surface area contributed by atoms with Crippen molar-refractivity contribution in [2.75, 3.05) is 20.3 Å². The fourth-order valence-electron chi connectivity index (χ4n) is 2.21. The minimum Gasteiger partial charge on any atom is -0.497 e. The van der Waals surface area contributed by atoms with Crippen LogP contribution in [0.5, 0.6) is 5.75 Å². The number of unbranched alkanes of at least 4 members (excludes halogenated alkanes) is 1. The summed E-state index contributed by atoms with van der Waals surface area (Å²) in [6.45, 7) is 0.841. The van der Waals surface area contributed by atoms with Gasteiger partial charge >= 0.3 is 0 Å². The summed E-state index contributed by atoms with van der Waals surface area (Å²) < 4.78 is 11.2. The monoisotopic (exact) mass is 286 g/mol. The molecule has 2 aromatic carbocycles. The van der Waals surface area contributed by atoms with E-state index in [9.17, 15) is 0 Å². The van der Waals surface area contributed by atoms with Gasteiger partial charge in [-0.25, -0.2) is 0 Å². The second kappa shape index (κ2) is 8.45. The Balaban J connectivity index is 2.14. The normalized spacial score (nSPS) is 12.1. The van der Waals surface area contributed by atoms with E-state index >= 15 is 0 Å². The van der Waals surface area contributed by atoms with Crippen molar-refractivity contribution in [2.24, 2.45) is 0 Å². The number of rotatable bonds is 8. The number of hydrogen-bond acceptors (Lipinski definition) is 3. The molecule has 3 nitrogen and oxygen atoms in total. The van der Waals surface area contributed by atoms with Crippen molar-refractivity contribution in [2.45, 2.75) is 18.9 Å². The maximum atomic E-state index is 8.85. The third-order valence-electron chi connectivity index (χ3n) is 3.36. The molecule has 0 aliphatic rings. The van der Waals surface area contributed by atoms with Gasteiger partial charge in [0.2, 0.25) is 0 Å². The van der Waals surface area contributed by atoms with Crippen LogP contribution in [0.2, 0.25) is 0 Å². The minimum atomic E-state index is -0.0872. The van der Waals surface area contributed by atoms with Crippen molar-refractivity contribution in [1.29, 1.82) is 0 Å². The van der Waals surface area contributed by atoms with E-state index in [0.29, 0.717) is 6.61 Å². The highest BCUT2D eigenvalue weighted by Gasteiger charge is 2.14. The van der Waals surface area contributed by atoms with E-state index in [2.05, 4.69) is 12.1 Å². The molecular weight excluding hydrogens is 264 g/mol. The zero-order chi connectivity index (χ0) is 14.9. The van der Waals surface area contributed by atoms with Crippen molar-refractivity contribution in [3.05, 3.63) is 65.7 Å². The third kappa shape index (κ3) is 4.59. The number of ether oxygens (including phenoxy) is 2. The highest BCUT2D eigenvalue weighted by atomic mass is 16.5. The summed E-state index contributed by atoms with van der Waals surface area (Å²) in [4.78, 5) is 0. The van der Waals surface area contributed by atoms with E-state index in [4.69, 9.17) is 14.6 Å². The summed E-state index contributed by atoms with van der Waals surface area (Å²) in [5, 5.41) is 8.85. The fraction of sp³-hybridized carbons (Fsp3) is 0.333. The molecule has 0 amide bonds. The number of benzene rings is 2. The Morgan fingerprint density at radius 1 is 0.905 bits per heavy atom. The van der Waals surface area contributed by atoms with E-state index in [1.807, 2.05) is 42.5 Å². The molecule has 112 valence electrons. The van der Waals surface area contributed by atoms with Crippen LogP contribution in [0.3, 0.4) is 0 Å². The van der Waals surface area contributed by atoms with Crippen molar-refractivity contribution >= 4 is 0 Å². The number of aliphatic hydroxyl groups is 1. The van der Waals surface area contributed by atoms with Gasteiger partial charge in [-0.3, -0.25) is 0 Å². The van der Waals surface area contributed by atoms with Gasteiger partial charge in [-0.2, -0.15) is 0 Å². The predicted molar refractivity (Wildman–Crippen MR) is 83.6 cm³/mol. The highest BCUT2D eigenvalue weighted by molar-refractivity contribution is 5.34. The van der Waals surface area contributed by atoms with Gasteiger partial charge < -0.3 is 14.6 Å². The largest absolute Gasteiger partial charge is 0.497 e. The zero-order valence-corrected chi connectivity index (χ0v) is 12.4. The first-order valence-corrected chi connectivity index (χ1v) is 7.26. The summed E-state index contributed by atoms with van der Waals surface area (Å²) >= 11 is 0. The molecule has 0 bridgehead atoms. The summed E-state index contributed by atoms with van der Waals surface area (Å²) in [6.07, 6.45) is 1.54. The second-order valence-corrected chi connectivity index (χ2v) is 4.87. The number of hydrogen-bond donors (Lipinski definition) is 1. The lowest BCUT2D eigenvalue weighted by Crippen LogP contribution is -2.08. The van der Waals surface area contributed by atoms with Crippen LogP contribution in [0.25, 0.3) is 0 Å². The molecule has 1 N–H and O–H groups in total. The van der Waals surface area contributed by atoms with Gasteiger partial charge in [0.25, 0.3) is 0 Å². The molecular formula is C18H22O3. The van der Waals surface area contributed by atoms with Crippen molar-refractivity contribution in [1.82, 2.24) is 0 Å². The van der Waals surface area contributed by atoms with Crippen molar-refractivity contribution in [3.63, 3.8) is 0 Å². The third-order valence-corrected chi connectivity index (χ3v) is 3.36. The Bertz CT molecular complexity index is 508. The minimum absolute atomic E-state index is 0.0872. The smallest absolute Gasteiger partial charge is 0.118 e. The topological polar surface area (TPSA) is 38.7 Å².